The summed E-state index contributed by atoms with van der Waals surface area (Å²) in [7, 11) is 1.39. The number of ether oxygens (including phenoxy) is 1. The number of aromatic nitrogens is 2. The van der Waals surface area contributed by atoms with Crippen molar-refractivity contribution >= 4 is 11.5 Å². The number of hydrogen-bond acceptors (Lipinski definition) is 7. The molecule has 0 spiro atoms. The van der Waals surface area contributed by atoms with Gasteiger partial charge in [0, 0.05) is 18.6 Å². The predicted octanol–water partition coefficient (Wildman–Crippen LogP) is 1.11. The predicted molar refractivity (Wildman–Crippen MR) is 76.6 cm³/mol. The molecule has 2 heterocycles. The highest BCUT2D eigenvalue weighted by Crippen LogP contribution is 2.39. The third kappa shape index (κ3) is 2.90. The first-order valence-corrected chi connectivity index (χ1v) is 7.24. The minimum atomic E-state index is -0.453. The molecule has 0 bridgehead atoms. The van der Waals surface area contributed by atoms with E-state index in [1.807, 2.05) is 4.90 Å². The molecule has 21 heavy (non-hydrogen) atoms. The third-order valence-electron chi connectivity index (χ3n) is 3.98. The molecule has 0 radical (unpaired) electrons. The van der Waals surface area contributed by atoms with Crippen molar-refractivity contribution in [1.29, 1.82) is 0 Å². The van der Waals surface area contributed by atoms with Gasteiger partial charge in [-0.15, -0.1) is 0 Å². The third-order valence-corrected chi connectivity index (χ3v) is 3.98. The van der Waals surface area contributed by atoms with E-state index in [2.05, 4.69) is 15.3 Å². The van der Waals surface area contributed by atoms with Crippen LogP contribution in [0.25, 0.3) is 0 Å². The average Bonchev–Trinajstić information content (AvgIpc) is 3.20. The van der Waals surface area contributed by atoms with Crippen LogP contribution in [0.1, 0.15) is 25.7 Å². The van der Waals surface area contributed by atoms with Gasteiger partial charge in [0.15, 0.2) is 0 Å². The van der Waals surface area contributed by atoms with Gasteiger partial charge in [0.05, 0.1) is 12.0 Å². The highest BCUT2D eigenvalue weighted by atomic mass is 16.6. The van der Waals surface area contributed by atoms with Gasteiger partial charge in [-0.2, -0.15) is 4.98 Å². The van der Waals surface area contributed by atoms with Gasteiger partial charge in [-0.1, -0.05) is 0 Å². The Morgan fingerprint density at radius 1 is 1.48 bits per heavy atom. The summed E-state index contributed by atoms with van der Waals surface area (Å²) in [6.07, 6.45) is 5.68. The van der Waals surface area contributed by atoms with Crippen LogP contribution in [0.3, 0.4) is 0 Å². The Hall–Kier alpha value is -1.96. The largest absolute Gasteiger partial charge is 0.476 e. The van der Waals surface area contributed by atoms with Crippen molar-refractivity contribution in [3.63, 3.8) is 0 Å². The minimum Gasteiger partial charge on any atom is -0.476 e. The number of nitrogens with one attached hydrogen (secondary N) is 1. The van der Waals surface area contributed by atoms with Crippen LogP contribution in [0.5, 0.6) is 5.88 Å². The van der Waals surface area contributed by atoms with E-state index in [-0.39, 0.29) is 11.6 Å². The zero-order valence-electron chi connectivity index (χ0n) is 12.0. The van der Waals surface area contributed by atoms with Crippen LogP contribution in [0.4, 0.5) is 11.5 Å². The fourth-order valence-electron chi connectivity index (χ4n) is 2.82. The fraction of sp³-hybridized carbons (Fsp3) is 0.692. The van der Waals surface area contributed by atoms with Gasteiger partial charge in [-0.25, -0.2) is 4.98 Å². The van der Waals surface area contributed by atoms with E-state index >= 15 is 0 Å². The van der Waals surface area contributed by atoms with Crippen LogP contribution in [-0.4, -0.2) is 47.2 Å². The molecule has 1 aromatic rings. The van der Waals surface area contributed by atoms with Crippen LogP contribution in [0.2, 0.25) is 0 Å². The maximum absolute atomic E-state index is 11.4. The summed E-state index contributed by atoms with van der Waals surface area (Å²) >= 11 is 0. The van der Waals surface area contributed by atoms with E-state index in [1.54, 1.807) is 0 Å². The topological polar surface area (TPSA) is 93.4 Å². The maximum atomic E-state index is 11.4. The van der Waals surface area contributed by atoms with Crippen LogP contribution >= 0.6 is 0 Å². The molecular formula is C13H19N5O3. The number of nitrogens with zero attached hydrogens (tertiary/aromatic N) is 4. The second-order valence-corrected chi connectivity index (χ2v) is 5.49. The molecule has 3 rings (SSSR count). The zero-order chi connectivity index (χ0) is 14.8. The molecule has 1 atom stereocenters. The molecule has 0 amide bonds. The molecule has 8 heteroatoms. The molecular weight excluding hydrogens is 274 g/mol. The Labute approximate surface area is 122 Å². The molecule has 1 unspecified atom stereocenters. The van der Waals surface area contributed by atoms with Gasteiger partial charge in [-0.05, 0) is 32.2 Å². The molecule has 1 saturated heterocycles. The van der Waals surface area contributed by atoms with Crippen molar-refractivity contribution in [2.75, 3.05) is 25.1 Å². The number of nitro groups is 1. The van der Waals surface area contributed by atoms with Gasteiger partial charge in [0.2, 0.25) is 5.82 Å². The maximum Gasteiger partial charge on any atom is 0.372 e. The summed E-state index contributed by atoms with van der Waals surface area (Å²) in [6.45, 7) is 1.75. The highest BCUT2D eigenvalue weighted by molar-refractivity contribution is 5.63. The Bertz CT molecular complexity index is 529. The van der Waals surface area contributed by atoms with Gasteiger partial charge >= 0.3 is 5.69 Å². The molecule has 2 fully saturated rings. The first kappa shape index (κ1) is 14.0. The molecule has 1 saturated carbocycles. The molecule has 8 nitrogen and oxygen atoms in total. The van der Waals surface area contributed by atoms with E-state index in [0.717, 1.165) is 38.8 Å². The SMILES string of the molecule is COc1ncnc(N(CC2CCCN2)C2CC2)c1[N+](=O)[O-]. The second-order valence-electron chi connectivity index (χ2n) is 5.49. The standard InChI is InChI=1S/C13H19N5O3/c1-21-13-11(18(19)20)12(15-8-16-13)17(10-4-5-10)7-9-3-2-6-14-9/h8-10,14H,2-7H2,1H3. The van der Waals surface area contributed by atoms with Crippen molar-refractivity contribution in [3.05, 3.63) is 16.4 Å². The van der Waals surface area contributed by atoms with Crippen molar-refractivity contribution in [2.45, 2.75) is 37.8 Å². The van der Waals surface area contributed by atoms with Gasteiger partial charge < -0.3 is 15.0 Å². The van der Waals surface area contributed by atoms with E-state index in [0.29, 0.717) is 17.9 Å². The van der Waals surface area contributed by atoms with Crippen LogP contribution in [0, 0.1) is 10.1 Å². The number of hydrogen-bond donors (Lipinski definition) is 1. The molecule has 1 aliphatic carbocycles. The van der Waals surface area contributed by atoms with Crippen LogP contribution in [0.15, 0.2) is 6.33 Å². The summed E-state index contributed by atoms with van der Waals surface area (Å²) in [6, 6.07) is 0.705. The number of rotatable bonds is 6. The van der Waals surface area contributed by atoms with Gasteiger partial charge in [0.25, 0.3) is 5.88 Å². The summed E-state index contributed by atoms with van der Waals surface area (Å²) in [4.78, 5) is 21.0. The molecule has 1 aliphatic heterocycles. The Balaban J connectivity index is 1.92. The van der Waals surface area contributed by atoms with Crippen molar-refractivity contribution in [1.82, 2.24) is 15.3 Å². The zero-order valence-corrected chi connectivity index (χ0v) is 12.0. The minimum absolute atomic E-state index is 0.0232. The number of methoxy groups -OCH3 is 1. The summed E-state index contributed by atoms with van der Waals surface area (Å²) in [5, 5.41) is 14.8. The lowest BCUT2D eigenvalue weighted by Crippen LogP contribution is -2.39. The van der Waals surface area contributed by atoms with Crippen molar-refractivity contribution in [3.8, 4) is 5.88 Å². The summed E-state index contributed by atoms with van der Waals surface area (Å²) in [5.41, 5.74) is -0.134. The Kier molecular flexibility index (Phi) is 3.87. The molecule has 0 aromatic carbocycles. The van der Waals surface area contributed by atoms with E-state index < -0.39 is 4.92 Å². The van der Waals surface area contributed by atoms with Crippen molar-refractivity contribution in [2.24, 2.45) is 0 Å². The van der Waals surface area contributed by atoms with Crippen LogP contribution in [-0.2, 0) is 0 Å². The average molecular weight is 293 g/mol. The Morgan fingerprint density at radius 3 is 2.86 bits per heavy atom. The highest BCUT2D eigenvalue weighted by Gasteiger charge is 2.37. The molecule has 2 aliphatic rings. The molecule has 1 N–H and O–H groups in total. The lowest BCUT2D eigenvalue weighted by Gasteiger charge is -2.26. The lowest BCUT2D eigenvalue weighted by atomic mass is 10.2. The van der Waals surface area contributed by atoms with E-state index in [9.17, 15) is 10.1 Å². The first-order chi connectivity index (χ1) is 10.2. The fourth-order valence-corrected chi connectivity index (χ4v) is 2.82. The van der Waals surface area contributed by atoms with E-state index in [4.69, 9.17) is 4.74 Å². The van der Waals surface area contributed by atoms with Gasteiger partial charge in [-0.3, -0.25) is 10.1 Å². The Morgan fingerprint density at radius 2 is 2.29 bits per heavy atom. The summed E-state index contributed by atoms with van der Waals surface area (Å²) in [5.74, 6) is 0.401. The number of anilines is 1. The first-order valence-electron chi connectivity index (χ1n) is 7.24. The van der Waals surface area contributed by atoms with E-state index in [1.165, 1.54) is 13.4 Å². The quantitative estimate of drug-likeness (QED) is 0.620. The lowest BCUT2D eigenvalue weighted by molar-refractivity contribution is -0.385. The summed E-state index contributed by atoms with van der Waals surface area (Å²) < 4.78 is 5.03. The van der Waals surface area contributed by atoms with Crippen molar-refractivity contribution < 1.29 is 9.66 Å². The second kappa shape index (κ2) is 5.80. The smallest absolute Gasteiger partial charge is 0.372 e. The van der Waals surface area contributed by atoms with Gasteiger partial charge in [0.1, 0.15) is 6.33 Å². The normalized spacial score (nSPS) is 21.3. The monoisotopic (exact) mass is 293 g/mol. The van der Waals surface area contributed by atoms with Crippen LogP contribution < -0.4 is 15.0 Å². The molecule has 114 valence electrons. The molecule has 1 aromatic heterocycles.